The molecule has 186 valence electrons. The summed E-state index contributed by atoms with van der Waals surface area (Å²) in [6, 6.07) is 14.2. The number of benzene rings is 2. The number of carbonyl (C=O) groups is 1. The zero-order valence-electron chi connectivity index (χ0n) is 19.8. The molecule has 0 aliphatic carbocycles. The van der Waals surface area contributed by atoms with E-state index < -0.39 is 32.5 Å². The average molecular weight is 518 g/mol. The van der Waals surface area contributed by atoms with Crippen molar-refractivity contribution in [2.45, 2.75) is 32.1 Å². The van der Waals surface area contributed by atoms with Gasteiger partial charge in [0.25, 0.3) is 10.0 Å². The molecule has 1 heterocycles. The molecule has 2 aromatic carbocycles. The van der Waals surface area contributed by atoms with Crippen LogP contribution in [0.15, 0.2) is 59.5 Å². The van der Waals surface area contributed by atoms with Crippen LogP contribution >= 0.6 is 0 Å². The van der Waals surface area contributed by atoms with Gasteiger partial charge in [-0.1, -0.05) is 25.1 Å². The van der Waals surface area contributed by atoms with Crippen molar-refractivity contribution in [2.24, 2.45) is 0 Å². The highest BCUT2D eigenvalue weighted by atomic mass is 32.2. The molecular formula is C23H27N5O5S2. The van der Waals surface area contributed by atoms with Gasteiger partial charge in [0.05, 0.1) is 16.8 Å². The number of para-hydroxylation sites is 1. The van der Waals surface area contributed by atoms with Crippen molar-refractivity contribution in [3.8, 4) is 0 Å². The van der Waals surface area contributed by atoms with Crippen LogP contribution in [0.4, 0.5) is 17.3 Å². The summed E-state index contributed by atoms with van der Waals surface area (Å²) in [5, 5.41) is 2.61. The molecule has 1 amide bonds. The van der Waals surface area contributed by atoms with Crippen LogP contribution < -0.4 is 14.3 Å². The third-order valence-electron chi connectivity index (χ3n) is 4.99. The Morgan fingerprint density at radius 2 is 1.54 bits per heavy atom. The molecule has 0 saturated heterocycles. The van der Waals surface area contributed by atoms with Gasteiger partial charge in [0, 0.05) is 17.1 Å². The van der Waals surface area contributed by atoms with E-state index in [-0.39, 0.29) is 10.8 Å². The Morgan fingerprint density at radius 3 is 2.11 bits per heavy atom. The van der Waals surface area contributed by atoms with E-state index in [1.807, 2.05) is 13.0 Å². The van der Waals surface area contributed by atoms with Crippen molar-refractivity contribution >= 4 is 43.3 Å². The molecule has 0 spiro atoms. The molecule has 0 aliphatic heterocycles. The molecule has 3 rings (SSSR count). The molecular weight excluding hydrogens is 490 g/mol. The molecule has 12 heteroatoms. The van der Waals surface area contributed by atoms with E-state index >= 15 is 0 Å². The Labute approximate surface area is 205 Å². The van der Waals surface area contributed by atoms with Crippen LogP contribution in [-0.2, 0) is 31.3 Å². The van der Waals surface area contributed by atoms with E-state index in [4.69, 9.17) is 0 Å². The molecule has 0 aliphatic rings. The van der Waals surface area contributed by atoms with Crippen LogP contribution in [0.2, 0.25) is 0 Å². The lowest BCUT2D eigenvalue weighted by Crippen LogP contribution is -2.38. The number of nitrogens with one attached hydrogen (secondary N) is 2. The number of rotatable bonds is 9. The largest absolute Gasteiger partial charge is 0.325 e. The normalized spacial score (nSPS) is 11.7. The highest BCUT2D eigenvalue weighted by Crippen LogP contribution is 2.24. The number of hydrogen-bond donors (Lipinski definition) is 2. The van der Waals surface area contributed by atoms with E-state index in [0.29, 0.717) is 29.2 Å². The predicted octanol–water partition coefficient (Wildman–Crippen LogP) is 2.86. The zero-order valence-corrected chi connectivity index (χ0v) is 21.4. The quantitative estimate of drug-likeness (QED) is 0.445. The van der Waals surface area contributed by atoms with Crippen LogP contribution in [0.25, 0.3) is 0 Å². The molecule has 0 atom stereocenters. The minimum Gasteiger partial charge on any atom is -0.325 e. The molecule has 0 fully saturated rings. The first-order valence-electron chi connectivity index (χ1n) is 10.7. The van der Waals surface area contributed by atoms with Gasteiger partial charge in [-0.2, -0.15) is 0 Å². The maximum Gasteiger partial charge on any atom is 0.264 e. The van der Waals surface area contributed by atoms with Crippen molar-refractivity contribution in [2.75, 3.05) is 27.1 Å². The summed E-state index contributed by atoms with van der Waals surface area (Å²) < 4.78 is 53.5. The molecule has 0 radical (unpaired) electrons. The number of anilines is 3. The number of aryl methyl sites for hydroxylation is 3. The summed E-state index contributed by atoms with van der Waals surface area (Å²) >= 11 is 0. The zero-order chi connectivity index (χ0) is 25.8. The Balaban J connectivity index is 1.74. The summed E-state index contributed by atoms with van der Waals surface area (Å²) in [5.74, 6) is -0.605. The Kier molecular flexibility index (Phi) is 7.76. The minimum absolute atomic E-state index is 0.0342. The fraction of sp³-hybridized carbons (Fsp3) is 0.261. The van der Waals surface area contributed by atoms with Crippen molar-refractivity contribution in [3.05, 3.63) is 71.5 Å². The van der Waals surface area contributed by atoms with Crippen LogP contribution in [0.1, 0.15) is 23.9 Å². The molecule has 1 aromatic heterocycles. The third kappa shape index (κ3) is 6.76. The number of sulfonamides is 2. The first-order valence-corrected chi connectivity index (χ1v) is 14.0. The van der Waals surface area contributed by atoms with Gasteiger partial charge < -0.3 is 5.32 Å². The van der Waals surface area contributed by atoms with E-state index in [0.717, 1.165) is 16.1 Å². The predicted molar refractivity (Wildman–Crippen MR) is 135 cm³/mol. The summed E-state index contributed by atoms with van der Waals surface area (Å²) in [7, 11) is -7.68. The summed E-state index contributed by atoms with van der Waals surface area (Å²) in [6.07, 6.45) is 1.64. The van der Waals surface area contributed by atoms with Gasteiger partial charge in [-0.3, -0.25) is 9.10 Å². The second-order valence-corrected chi connectivity index (χ2v) is 11.5. The van der Waals surface area contributed by atoms with Gasteiger partial charge in [-0.25, -0.2) is 31.5 Å². The second kappa shape index (κ2) is 10.4. The maximum atomic E-state index is 12.7. The lowest BCUT2D eigenvalue weighted by molar-refractivity contribution is -0.114. The molecule has 0 saturated carbocycles. The average Bonchev–Trinajstić information content (AvgIpc) is 2.76. The Morgan fingerprint density at radius 1 is 0.943 bits per heavy atom. The van der Waals surface area contributed by atoms with Crippen molar-refractivity contribution in [1.29, 1.82) is 0 Å². The number of aromatic nitrogens is 2. The van der Waals surface area contributed by atoms with Gasteiger partial charge in [0.2, 0.25) is 21.9 Å². The van der Waals surface area contributed by atoms with Gasteiger partial charge >= 0.3 is 0 Å². The maximum absolute atomic E-state index is 12.7. The molecule has 2 N–H and O–H groups in total. The fourth-order valence-corrected chi connectivity index (χ4v) is 5.26. The lowest BCUT2D eigenvalue weighted by atomic mass is 10.1. The molecule has 0 unspecified atom stereocenters. The number of amides is 1. The van der Waals surface area contributed by atoms with Crippen molar-refractivity contribution < 1.29 is 21.6 Å². The number of carbonyl (C=O) groups excluding carboxylic acids is 1. The first-order chi connectivity index (χ1) is 16.4. The molecule has 3 aromatic rings. The van der Waals surface area contributed by atoms with Gasteiger partial charge in [-0.15, -0.1) is 0 Å². The number of nitrogens with zero attached hydrogens (tertiary/aromatic N) is 3. The monoisotopic (exact) mass is 517 g/mol. The minimum atomic E-state index is -3.95. The summed E-state index contributed by atoms with van der Waals surface area (Å²) in [5.41, 5.74) is 2.79. The van der Waals surface area contributed by atoms with Gasteiger partial charge in [0.15, 0.2) is 0 Å². The number of hydrogen-bond acceptors (Lipinski definition) is 7. The van der Waals surface area contributed by atoms with Crippen LogP contribution in [0.3, 0.4) is 0 Å². The van der Waals surface area contributed by atoms with Crippen LogP contribution in [0, 0.1) is 13.8 Å². The van der Waals surface area contributed by atoms with E-state index in [9.17, 15) is 21.6 Å². The van der Waals surface area contributed by atoms with Crippen LogP contribution in [0.5, 0.6) is 0 Å². The third-order valence-corrected chi connectivity index (χ3v) is 7.46. The van der Waals surface area contributed by atoms with Crippen LogP contribution in [-0.4, -0.2) is 45.5 Å². The van der Waals surface area contributed by atoms with Crippen molar-refractivity contribution in [1.82, 2.24) is 9.97 Å². The summed E-state index contributed by atoms with van der Waals surface area (Å²) in [6.45, 7) is 4.93. The highest BCUT2D eigenvalue weighted by molar-refractivity contribution is 7.92. The molecule has 0 bridgehead atoms. The topological polar surface area (TPSA) is 138 Å². The fourth-order valence-electron chi connectivity index (χ4n) is 3.43. The molecule has 35 heavy (non-hydrogen) atoms. The van der Waals surface area contributed by atoms with Crippen molar-refractivity contribution in [3.63, 3.8) is 0 Å². The smallest absolute Gasteiger partial charge is 0.264 e. The Hall–Kier alpha value is -3.51. The standard InChI is InChI=1S/C23H27N5O5S2/c1-5-18-8-6-7-9-21(18)28(34(4,30)31)15-22(29)26-19-10-12-20(13-11-19)35(32,33)27-23-24-16(2)14-17(3)25-23/h6-14H,5,15H2,1-4H3,(H,26,29)(H,24,25,27). The Bertz CT molecular complexity index is 1420. The van der Waals surface area contributed by atoms with Gasteiger partial charge in [0.1, 0.15) is 6.54 Å². The lowest BCUT2D eigenvalue weighted by Gasteiger charge is -2.24. The van der Waals surface area contributed by atoms with Gasteiger partial charge in [-0.05, 0) is 62.2 Å². The second-order valence-electron chi connectivity index (χ2n) is 7.90. The summed E-state index contributed by atoms with van der Waals surface area (Å²) in [4.78, 5) is 20.8. The van der Waals surface area contributed by atoms with E-state index in [2.05, 4.69) is 20.0 Å². The molecule has 10 nitrogen and oxygen atoms in total. The highest BCUT2D eigenvalue weighted by Gasteiger charge is 2.23. The SMILES string of the molecule is CCc1ccccc1N(CC(=O)Nc1ccc(S(=O)(=O)Nc2nc(C)cc(C)n2)cc1)S(C)(=O)=O. The first kappa shape index (κ1) is 26.1. The van der Waals surface area contributed by atoms with E-state index in [1.54, 1.807) is 38.1 Å². The van der Waals surface area contributed by atoms with E-state index in [1.165, 1.54) is 24.3 Å².